The zero-order valence-electron chi connectivity index (χ0n) is 11.1. The Balaban J connectivity index is 3.02. The van der Waals surface area contributed by atoms with Gasteiger partial charge >= 0.3 is 5.97 Å². The molecule has 0 fully saturated rings. The predicted molar refractivity (Wildman–Crippen MR) is 71.8 cm³/mol. The molecule has 0 aromatic heterocycles. The van der Waals surface area contributed by atoms with E-state index in [1.807, 2.05) is 0 Å². The van der Waals surface area contributed by atoms with Gasteiger partial charge in [0, 0.05) is 11.7 Å². The highest BCUT2D eigenvalue weighted by Gasteiger charge is 2.26. The molecule has 0 aliphatic carbocycles. The second-order valence-corrected chi connectivity index (χ2v) is 7.46. The first-order chi connectivity index (χ1) is 8.53. The molecule has 0 saturated heterocycles. The van der Waals surface area contributed by atoms with E-state index >= 15 is 0 Å². The van der Waals surface area contributed by atoms with E-state index in [0.717, 1.165) is 5.56 Å². The Labute approximate surface area is 112 Å². The molecule has 0 spiro atoms. The normalized spacial score (nSPS) is 14.1. The van der Waals surface area contributed by atoms with Gasteiger partial charge in [-0.25, -0.2) is 13.2 Å². The molecule has 1 aromatic rings. The molecule has 1 rings (SSSR count). The van der Waals surface area contributed by atoms with E-state index in [2.05, 4.69) is 0 Å². The number of benzene rings is 1. The fourth-order valence-electron chi connectivity index (χ4n) is 2.00. The lowest BCUT2D eigenvalue weighted by atomic mass is 9.86. The van der Waals surface area contributed by atoms with Crippen LogP contribution >= 0.6 is 0 Å². The third-order valence-corrected chi connectivity index (χ3v) is 4.11. The topological polar surface area (TPSA) is 91.7 Å². The van der Waals surface area contributed by atoms with Crippen LogP contribution in [0.4, 0.5) is 0 Å². The van der Waals surface area contributed by atoms with Crippen LogP contribution in [0.25, 0.3) is 0 Å². The number of sulfone groups is 1. The van der Waals surface area contributed by atoms with Crippen LogP contribution in [0.2, 0.25) is 0 Å². The van der Waals surface area contributed by atoms with E-state index in [-0.39, 0.29) is 11.3 Å². The molecule has 2 N–H and O–H groups in total. The summed E-state index contributed by atoms with van der Waals surface area (Å²) in [5.41, 5.74) is 0.478. The molecule has 1 atom stereocenters. The van der Waals surface area contributed by atoms with Gasteiger partial charge in [-0.15, -0.1) is 0 Å². The summed E-state index contributed by atoms with van der Waals surface area (Å²) in [6.07, 6.45) is -0.385. The van der Waals surface area contributed by atoms with Gasteiger partial charge in [0.05, 0.1) is 5.75 Å². The lowest BCUT2D eigenvalue weighted by Crippen LogP contribution is -2.27. The highest BCUT2D eigenvalue weighted by molar-refractivity contribution is 7.90. The molecule has 106 valence electrons. The van der Waals surface area contributed by atoms with Crippen LogP contribution in [0.5, 0.6) is 0 Å². The molecule has 19 heavy (non-hydrogen) atoms. The van der Waals surface area contributed by atoms with Gasteiger partial charge in [-0.2, -0.15) is 0 Å². The summed E-state index contributed by atoms with van der Waals surface area (Å²) in [6, 6.07) is 6.29. The summed E-state index contributed by atoms with van der Waals surface area (Å²) in [6.45, 7) is 3.60. The van der Waals surface area contributed by atoms with Gasteiger partial charge < -0.3 is 10.2 Å². The van der Waals surface area contributed by atoms with Crippen molar-refractivity contribution < 1.29 is 23.4 Å². The molecule has 0 heterocycles. The second kappa shape index (κ2) is 5.30. The number of aliphatic hydroxyl groups excluding tert-OH is 1. The fourth-order valence-corrected chi connectivity index (χ4v) is 3.48. The average molecular weight is 286 g/mol. The Bertz CT molecular complexity index is 557. The lowest BCUT2D eigenvalue weighted by molar-refractivity contribution is -0.146. The molecule has 0 bridgehead atoms. The summed E-state index contributed by atoms with van der Waals surface area (Å²) in [4.78, 5) is 10.6. The minimum Gasteiger partial charge on any atom is -0.479 e. The van der Waals surface area contributed by atoms with Crippen molar-refractivity contribution in [3.63, 3.8) is 0 Å². The van der Waals surface area contributed by atoms with Crippen LogP contribution in [0, 0.1) is 0 Å². The summed E-state index contributed by atoms with van der Waals surface area (Å²) in [7, 11) is -3.11. The van der Waals surface area contributed by atoms with E-state index in [4.69, 9.17) is 5.11 Å². The first-order valence-electron chi connectivity index (χ1n) is 5.72. The van der Waals surface area contributed by atoms with Crippen molar-refractivity contribution >= 4 is 15.8 Å². The van der Waals surface area contributed by atoms with Crippen molar-refractivity contribution in [3.8, 4) is 0 Å². The standard InChI is InChI=1S/C13H18O5S/c1-13(2,8-19(3,17)18)10-6-4-9(5-7-10)11(14)12(15)16/h4-7,11,14H,8H2,1-3H3,(H,15,16). The van der Waals surface area contributed by atoms with E-state index in [1.54, 1.807) is 26.0 Å². The molecule has 6 heteroatoms. The second-order valence-electron chi connectivity index (χ2n) is 5.32. The van der Waals surface area contributed by atoms with Crippen LogP contribution in [-0.2, 0) is 20.0 Å². The van der Waals surface area contributed by atoms with Crippen LogP contribution in [0.15, 0.2) is 24.3 Å². The van der Waals surface area contributed by atoms with E-state index in [1.165, 1.54) is 18.4 Å². The third kappa shape index (κ3) is 4.33. The minimum absolute atomic E-state index is 0.000824. The van der Waals surface area contributed by atoms with Gasteiger partial charge in [0.15, 0.2) is 6.10 Å². The van der Waals surface area contributed by atoms with Crippen LogP contribution in [0.1, 0.15) is 31.1 Å². The first-order valence-corrected chi connectivity index (χ1v) is 7.78. The Morgan fingerprint density at radius 1 is 1.26 bits per heavy atom. The maximum Gasteiger partial charge on any atom is 0.337 e. The van der Waals surface area contributed by atoms with E-state index in [9.17, 15) is 18.3 Å². The lowest BCUT2D eigenvalue weighted by Gasteiger charge is -2.24. The van der Waals surface area contributed by atoms with Crippen LogP contribution in [0.3, 0.4) is 0 Å². The van der Waals surface area contributed by atoms with Crippen LogP contribution in [-0.4, -0.2) is 36.6 Å². The largest absolute Gasteiger partial charge is 0.479 e. The Kier molecular flexibility index (Phi) is 4.37. The van der Waals surface area contributed by atoms with Crippen molar-refractivity contribution in [3.05, 3.63) is 35.4 Å². The monoisotopic (exact) mass is 286 g/mol. The highest BCUT2D eigenvalue weighted by Crippen LogP contribution is 2.26. The number of rotatable bonds is 5. The number of hydrogen-bond acceptors (Lipinski definition) is 4. The number of aliphatic carboxylic acids is 1. The molecule has 5 nitrogen and oxygen atoms in total. The summed E-state index contributed by atoms with van der Waals surface area (Å²) < 4.78 is 22.7. The number of carboxylic acids is 1. The minimum atomic E-state index is -3.11. The molecule has 0 saturated carbocycles. The molecule has 0 amide bonds. The molecular formula is C13H18O5S. The van der Waals surface area contributed by atoms with Crippen molar-refractivity contribution in [2.45, 2.75) is 25.4 Å². The van der Waals surface area contributed by atoms with Crippen molar-refractivity contribution in [2.24, 2.45) is 0 Å². The Morgan fingerprint density at radius 3 is 2.11 bits per heavy atom. The molecule has 1 unspecified atom stereocenters. The van der Waals surface area contributed by atoms with E-state index in [0.29, 0.717) is 0 Å². The zero-order valence-corrected chi connectivity index (χ0v) is 11.9. The average Bonchev–Trinajstić information content (AvgIpc) is 2.25. The fraction of sp³-hybridized carbons (Fsp3) is 0.462. The Hall–Kier alpha value is -1.40. The first kappa shape index (κ1) is 15.7. The smallest absolute Gasteiger partial charge is 0.337 e. The predicted octanol–water partition coefficient (Wildman–Crippen LogP) is 1.13. The highest BCUT2D eigenvalue weighted by atomic mass is 32.2. The SMILES string of the molecule is CC(C)(CS(C)(=O)=O)c1ccc(C(O)C(=O)O)cc1. The van der Waals surface area contributed by atoms with Gasteiger partial charge in [0.1, 0.15) is 9.84 Å². The maximum absolute atomic E-state index is 11.4. The number of aliphatic hydroxyl groups is 1. The molecule has 1 aromatic carbocycles. The number of carboxylic acid groups (broad SMARTS) is 1. The molecule has 0 radical (unpaired) electrons. The van der Waals surface area contributed by atoms with E-state index < -0.39 is 27.3 Å². The summed E-state index contributed by atoms with van der Waals surface area (Å²) in [5, 5.41) is 18.1. The maximum atomic E-state index is 11.4. The van der Waals surface area contributed by atoms with Gasteiger partial charge in [-0.05, 0) is 11.1 Å². The molecule has 0 aliphatic rings. The number of hydrogen-bond donors (Lipinski definition) is 2. The van der Waals surface area contributed by atoms with Crippen molar-refractivity contribution in [1.29, 1.82) is 0 Å². The van der Waals surface area contributed by atoms with Crippen LogP contribution < -0.4 is 0 Å². The van der Waals surface area contributed by atoms with Gasteiger partial charge in [-0.1, -0.05) is 38.1 Å². The summed E-state index contributed by atoms with van der Waals surface area (Å²) in [5.74, 6) is -1.32. The molecule has 0 aliphatic heterocycles. The van der Waals surface area contributed by atoms with Gasteiger partial charge in [0.2, 0.25) is 0 Å². The van der Waals surface area contributed by atoms with Gasteiger partial charge in [0.25, 0.3) is 0 Å². The summed E-state index contributed by atoms with van der Waals surface area (Å²) >= 11 is 0. The molecular weight excluding hydrogens is 268 g/mol. The van der Waals surface area contributed by atoms with Crippen molar-refractivity contribution in [2.75, 3.05) is 12.0 Å². The zero-order chi connectivity index (χ0) is 14.8. The third-order valence-electron chi connectivity index (χ3n) is 2.86. The quantitative estimate of drug-likeness (QED) is 0.846. The number of carbonyl (C=O) groups is 1. The Morgan fingerprint density at radius 2 is 1.74 bits per heavy atom. The van der Waals surface area contributed by atoms with Gasteiger partial charge in [-0.3, -0.25) is 0 Å². The van der Waals surface area contributed by atoms with Crippen molar-refractivity contribution in [1.82, 2.24) is 0 Å².